The summed E-state index contributed by atoms with van der Waals surface area (Å²) < 4.78 is 22.0. The van der Waals surface area contributed by atoms with E-state index < -0.39 is 0 Å². The molecule has 1 aliphatic rings. The molecule has 0 saturated carbocycles. The molecule has 4 nitrogen and oxygen atoms in total. The van der Waals surface area contributed by atoms with Crippen molar-refractivity contribution in [3.05, 3.63) is 53.6 Å². The molecule has 0 bridgehead atoms. The Morgan fingerprint density at radius 3 is 2.12 bits per heavy atom. The third-order valence-corrected chi connectivity index (χ3v) is 4.13. The van der Waals surface area contributed by atoms with Gasteiger partial charge < -0.3 is 18.9 Å². The van der Waals surface area contributed by atoms with E-state index in [9.17, 15) is 0 Å². The quantitative estimate of drug-likeness (QED) is 0.709. The first-order chi connectivity index (χ1) is 12.3. The topological polar surface area (TPSA) is 36.9 Å². The van der Waals surface area contributed by atoms with E-state index in [0.29, 0.717) is 0 Å². The molecule has 0 radical (unpaired) electrons. The van der Waals surface area contributed by atoms with Crippen LogP contribution in [-0.2, 0) is 4.74 Å². The second-order valence-corrected chi connectivity index (χ2v) is 5.96. The molecule has 1 heterocycles. The summed E-state index contributed by atoms with van der Waals surface area (Å²) in [6.07, 6.45) is 7.22. The van der Waals surface area contributed by atoms with Gasteiger partial charge in [-0.25, -0.2) is 0 Å². The van der Waals surface area contributed by atoms with Gasteiger partial charge in [0, 0.05) is 12.5 Å². The summed E-state index contributed by atoms with van der Waals surface area (Å²) in [7, 11) is 3.30. The Balaban J connectivity index is 1.65. The van der Waals surface area contributed by atoms with Crippen LogP contribution in [0, 0.1) is 0 Å². The van der Waals surface area contributed by atoms with Gasteiger partial charge in [-0.05, 0) is 48.2 Å². The number of hydrogen-bond acceptors (Lipinski definition) is 4. The third-order valence-electron chi connectivity index (χ3n) is 4.13. The summed E-state index contributed by atoms with van der Waals surface area (Å²) in [5, 5.41) is 0. The summed E-state index contributed by atoms with van der Waals surface area (Å²) in [5.41, 5.74) is 2.12. The van der Waals surface area contributed by atoms with Gasteiger partial charge in [-0.2, -0.15) is 0 Å². The van der Waals surface area contributed by atoms with E-state index in [0.717, 1.165) is 54.2 Å². The van der Waals surface area contributed by atoms with Crippen LogP contribution in [0.3, 0.4) is 0 Å². The Kier molecular flexibility index (Phi) is 5.96. The summed E-state index contributed by atoms with van der Waals surface area (Å²) >= 11 is 0. The molecule has 0 spiro atoms. The Morgan fingerprint density at radius 1 is 0.840 bits per heavy atom. The summed E-state index contributed by atoms with van der Waals surface area (Å²) in [6.45, 7) is 0.787. The molecule has 1 aliphatic heterocycles. The summed E-state index contributed by atoms with van der Waals surface area (Å²) in [4.78, 5) is 0. The Bertz CT molecular complexity index is 678. The fourth-order valence-electron chi connectivity index (χ4n) is 2.73. The zero-order chi connectivity index (χ0) is 17.5. The molecule has 25 heavy (non-hydrogen) atoms. The number of methoxy groups -OCH3 is 2. The molecule has 0 aliphatic carbocycles. The van der Waals surface area contributed by atoms with Crippen molar-refractivity contribution in [2.24, 2.45) is 0 Å². The van der Waals surface area contributed by atoms with Gasteiger partial charge in [-0.15, -0.1) is 0 Å². The van der Waals surface area contributed by atoms with Crippen molar-refractivity contribution >= 4 is 12.2 Å². The normalized spacial score (nSPS) is 17.4. The van der Waals surface area contributed by atoms with Crippen molar-refractivity contribution in [2.45, 2.75) is 25.6 Å². The first-order valence-electron chi connectivity index (χ1n) is 8.56. The molecular weight excluding hydrogens is 316 g/mol. The lowest BCUT2D eigenvalue weighted by Gasteiger charge is -2.23. The van der Waals surface area contributed by atoms with Crippen molar-refractivity contribution in [2.75, 3.05) is 20.8 Å². The van der Waals surface area contributed by atoms with E-state index in [1.54, 1.807) is 14.2 Å². The Labute approximate surface area is 149 Å². The predicted molar refractivity (Wildman–Crippen MR) is 99.1 cm³/mol. The highest BCUT2D eigenvalue weighted by atomic mass is 16.7. The van der Waals surface area contributed by atoms with Crippen LogP contribution in [0.4, 0.5) is 0 Å². The van der Waals surface area contributed by atoms with Gasteiger partial charge in [-0.3, -0.25) is 0 Å². The Hall–Kier alpha value is -2.46. The van der Waals surface area contributed by atoms with Gasteiger partial charge in [0.25, 0.3) is 0 Å². The molecule has 132 valence electrons. The molecule has 2 aromatic rings. The van der Waals surface area contributed by atoms with Crippen molar-refractivity contribution in [3.8, 4) is 17.2 Å². The molecule has 0 N–H and O–H groups in total. The van der Waals surface area contributed by atoms with Crippen LogP contribution in [-0.4, -0.2) is 27.1 Å². The van der Waals surface area contributed by atoms with Crippen molar-refractivity contribution < 1.29 is 18.9 Å². The summed E-state index contributed by atoms with van der Waals surface area (Å²) in [6, 6.07) is 13.8. The minimum Gasteiger partial charge on any atom is -0.497 e. The standard InChI is InChI=1S/C21H24O4/c1-22-19-13-17(14-20(15-19)23-2)7-6-16-8-10-18(11-9-16)25-21-5-3-4-12-24-21/h6-11,13-15,21H,3-5,12H2,1-2H3/b7-6+. The minimum absolute atomic E-state index is 0.112. The van der Waals surface area contributed by atoms with E-state index >= 15 is 0 Å². The number of ether oxygens (including phenoxy) is 4. The van der Waals surface area contributed by atoms with Gasteiger partial charge in [0.1, 0.15) is 17.2 Å². The molecule has 2 aromatic carbocycles. The van der Waals surface area contributed by atoms with Gasteiger partial charge in [0.2, 0.25) is 0 Å². The maximum absolute atomic E-state index is 5.85. The van der Waals surface area contributed by atoms with Gasteiger partial charge in [0.15, 0.2) is 6.29 Å². The lowest BCUT2D eigenvalue weighted by molar-refractivity contribution is -0.105. The first-order valence-corrected chi connectivity index (χ1v) is 8.56. The largest absolute Gasteiger partial charge is 0.497 e. The van der Waals surface area contributed by atoms with E-state index in [4.69, 9.17) is 18.9 Å². The molecule has 3 rings (SSSR count). The number of hydrogen-bond donors (Lipinski definition) is 0. The van der Waals surface area contributed by atoms with Crippen molar-refractivity contribution in [1.29, 1.82) is 0 Å². The minimum atomic E-state index is -0.112. The second kappa shape index (κ2) is 8.58. The van der Waals surface area contributed by atoms with Crippen LogP contribution in [0.2, 0.25) is 0 Å². The van der Waals surface area contributed by atoms with Crippen LogP contribution in [0.1, 0.15) is 30.4 Å². The highest BCUT2D eigenvalue weighted by Crippen LogP contribution is 2.24. The lowest BCUT2D eigenvalue weighted by atomic mass is 10.1. The van der Waals surface area contributed by atoms with Gasteiger partial charge in [0.05, 0.1) is 20.8 Å². The molecule has 1 saturated heterocycles. The predicted octanol–water partition coefficient (Wildman–Crippen LogP) is 4.78. The number of rotatable bonds is 6. The van der Waals surface area contributed by atoms with Gasteiger partial charge in [-0.1, -0.05) is 24.3 Å². The average molecular weight is 340 g/mol. The van der Waals surface area contributed by atoms with Gasteiger partial charge >= 0.3 is 0 Å². The van der Waals surface area contributed by atoms with Crippen molar-refractivity contribution in [1.82, 2.24) is 0 Å². The van der Waals surface area contributed by atoms with E-state index in [-0.39, 0.29) is 6.29 Å². The van der Waals surface area contributed by atoms with E-state index in [1.807, 2.05) is 48.5 Å². The highest BCUT2D eigenvalue weighted by molar-refractivity contribution is 5.71. The molecule has 1 unspecified atom stereocenters. The SMILES string of the molecule is COc1cc(/C=C/c2ccc(OC3CCCCO3)cc2)cc(OC)c1. The fourth-order valence-corrected chi connectivity index (χ4v) is 2.73. The molecule has 0 amide bonds. The van der Waals surface area contributed by atoms with Crippen LogP contribution < -0.4 is 14.2 Å². The average Bonchev–Trinajstić information content (AvgIpc) is 2.68. The maximum Gasteiger partial charge on any atom is 0.199 e. The smallest absolute Gasteiger partial charge is 0.199 e. The molecular formula is C21H24O4. The maximum atomic E-state index is 5.85. The summed E-state index contributed by atoms with van der Waals surface area (Å²) in [5.74, 6) is 2.39. The van der Waals surface area contributed by atoms with Crippen molar-refractivity contribution in [3.63, 3.8) is 0 Å². The van der Waals surface area contributed by atoms with Crippen LogP contribution in [0.25, 0.3) is 12.2 Å². The van der Waals surface area contributed by atoms with E-state index in [1.165, 1.54) is 0 Å². The highest BCUT2D eigenvalue weighted by Gasteiger charge is 2.14. The number of benzene rings is 2. The van der Waals surface area contributed by atoms with E-state index in [2.05, 4.69) is 6.08 Å². The molecule has 1 atom stereocenters. The van der Waals surface area contributed by atoms with Crippen LogP contribution in [0.5, 0.6) is 17.2 Å². The second-order valence-electron chi connectivity index (χ2n) is 5.96. The fraction of sp³-hybridized carbons (Fsp3) is 0.333. The molecule has 4 heteroatoms. The zero-order valence-corrected chi connectivity index (χ0v) is 14.7. The van der Waals surface area contributed by atoms with Crippen LogP contribution in [0.15, 0.2) is 42.5 Å². The molecule has 1 fully saturated rings. The Morgan fingerprint density at radius 2 is 1.52 bits per heavy atom. The first kappa shape index (κ1) is 17.4. The molecule has 0 aromatic heterocycles. The zero-order valence-electron chi connectivity index (χ0n) is 14.7. The lowest BCUT2D eigenvalue weighted by Crippen LogP contribution is -2.24. The monoisotopic (exact) mass is 340 g/mol. The third kappa shape index (κ3) is 5.00. The van der Waals surface area contributed by atoms with Crippen LogP contribution >= 0.6 is 0 Å².